The van der Waals surface area contributed by atoms with E-state index in [0.717, 1.165) is 6.26 Å². The summed E-state index contributed by atoms with van der Waals surface area (Å²) < 4.78 is 58.5. The zero-order valence-electron chi connectivity index (χ0n) is 11.8. The van der Waals surface area contributed by atoms with Crippen LogP contribution >= 0.6 is 19.4 Å². The van der Waals surface area contributed by atoms with E-state index in [1.165, 1.54) is 6.92 Å². The Morgan fingerprint density at radius 1 is 1.32 bits per heavy atom. The van der Waals surface area contributed by atoms with Gasteiger partial charge in [-0.15, -0.1) is 0 Å². The number of ether oxygens (including phenoxy) is 2. The molecular formula is C9H15F3NO7PS. The first-order valence-electron chi connectivity index (χ1n) is 5.57. The van der Waals surface area contributed by atoms with Gasteiger partial charge < -0.3 is 19.3 Å². The zero-order chi connectivity index (χ0) is 17.8. The number of methoxy groups -OCH3 is 1. The lowest BCUT2D eigenvalue weighted by atomic mass is 10.4. The lowest BCUT2D eigenvalue weighted by Crippen LogP contribution is -2.56. The maximum absolute atomic E-state index is 12.7. The van der Waals surface area contributed by atoms with Gasteiger partial charge >= 0.3 is 25.6 Å². The molecule has 0 aliphatic carbocycles. The first kappa shape index (κ1) is 21.2. The van der Waals surface area contributed by atoms with Crippen molar-refractivity contribution in [3.05, 3.63) is 0 Å². The van der Waals surface area contributed by atoms with Crippen LogP contribution in [-0.4, -0.2) is 64.1 Å². The van der Waals surface area contributed by atoms with Crippen molar-refractivity contribution in [1.29, 1.82) is 0 Å². The number of nitrogens with zero attached hydrogens (tertiary/aromatic N) is 1. The summed E-state index contributed by atoms with van der Waals surface area (Å²) in [4.78, 5) is 38.1. The molecule has 1 unspecified atom stereocenters. The SMILES string of the molecule is CCOC(=O)CN(C(=O)C(F)(F)F)C(OC)(SC)P(=O)(O)O. The second-order valence-corrected chi connectivity index (χ2v) is 6.65. The van der Waals surface area contributed by atoms with E-state index >= 15 is 0 Å². The monoisotopic (exact) mass is 369 g/mol. The van der Waals surface area contributed by atoms with E-state index in [-0.39, 0.29) is 23.3 Å². The summed E-state index contributed by atoms with van der Waals surface area (Å²) in [6.07, 6.45) is -4.45. The molecule has 13 heteroatoms. The van der Waals surface area contributed by atoms with Gasteiger partial charge in [-0.25, -0.2) is 0 Å². The Morgan fingerprint density at radius 3 is 2.09 bits per heavy atom. The van der Waals surface area contributed by atoms with E-state index < -0.39 is 37.0 Å². The predicted molar refractivity (Wildman–Crippen MR) is 69.7 cm³/mol. The first-order chi connectivity index (χ1) is 9.87. The third-order valence-corrected chi connectivity index (χ3v) is 5.66. The van der Waals surface area contributed by atoms with Crippen LogP contribution in [0, 0.1) is 0 Å². The highest BCUT2D eigenvalue weighted by molar-refractivity contribution is 8.05. The van der Waals surface area contributed by atoms with Crippen LogP contribution < -0.4 is 0 Å². The van der Waals surface area contributed by atoms with E-state index in [0.29, 0.717) is 7.11 Å². The standard InChI is InChI=1S/C9H15F3NO7PS/c1-4-20-6(14)5-13(7(15)8(10,11)12)9(19-2,22-3)21(16,17)18/h4-5H2,1-3H3,(H2,16,17,18). The number of amides is 1. The van der Waals surface area contributed by atoms with Crippen LogP contribution in [0.4, 0.5) is 13.2 Å². The molecule has 0 heterocycles. The number of esters is 1. The van der Waals surface area contributed by atoms with E-state index in [1.807, 2.05) is 0 Å². The quantitative estimate of drug-likeness (QED) is 0.384. The van der Waals surface area contributed by atoms with Gasteiger partial charge in [-0.05, 0) is 13.2 Å². The number of hydrogen-bond donors (Lipinski definition) is 2. The molecule has 0 aromatic heterocycles. The second-order valence-electron chi connectivity index (χ2n) is 3.69. The number of hydrogen-bond acceptors (Lipinski definition) is 6. The minimum absolute atomic E-state index is 0.149. The summed E-state index contributed by atoms with van der Waals surface area (Å²) in [5.41, 5.74) is 0. The lowest BCUT2D eigenvalue weighted by Gasteiger charge is -2.40. The third-order valence-electron chi connectivity index (χ3n) is 2.32. The van der Waals surface area contributed by atoms with Crippen molar-refractivity contribution >= 4 is 31.2 Å². The molecule has 0 aliphatic heterocycles. The summed E-state index contributed by atoms with van der Waals surface area (Å²) in [6.45, 7) is -0.164. The number of thioether (sulfide) groups is 1. The van der Waals surface area contributed by atoms with Crippen LogP contribution in [0.1, 0.15) is 6.92 Å². The van der Waals surface area contributed by atoms with Crippen molar-refractivity contribution in [3.8, 4) is 0 Å². The molecule has 8 nitrogen and oxygen atoms in total. The first-order valence-corrected chi connectivity index (χ1v) is 8.41. The number of carbonyl (C=O) groups excluding carboxylic acids is 2. The third kappa shape index (κ3) is 4.59. The van der Waals surface area contributed by atoms with E-state index in [2.05, 4.69) is 9.47 Å². The van der Waals surface area contributed by atoms with Gasteiger partial charge in [-0.3, -0.25) is 19.1 Å². The van der Waals surface area contributed by atoms with Crippen LogP contribution in [0.2, 0.25) is 0 Å². The summed E-state index contributed by atoms with van der Waals surface area (Å²) in [6, 6.07) is 0. The molecule has 0 aliphatic rings. The fourth-order valence-electron chi connectivity index (χ4n) is 1.49. The average molecular weight is 369 g/mol. The molecule has 0 radical (unpaired) electrons. The molecule has 0 saturated heterocycles. The van der Waals surface area contributed by atoms with Crippen LogP contribution in [0.5, 0.6) is 0 Å². The van der Waals surface area contributed by atoms with Crippen molar-refractivity contribution in [3.63, 3.8) is 0 Å². The maximum atomic E-state index is 12.7. The van der Waals surface area contributed by atoms with Gasteiger partial charge in [0.05, 0.1) is 6.61 Å². The average Bonchev–Trinajstić information content (AvgIpc) is 2.36. The minimum Gasteiger partial charge on any atom is -0.465 e. The fourth-order valence-corrected chi connectivity index (χ4v) is 3.69. The molecule has 1 atom stereocenters. The number of alkyl halides is 3. The topological polar surface area (TPSA) is 113 Å². The molecule has 0 fully saturated rings. The molecule has 0 spiro atoms. The summed E-state index contributed by atoms with van der Waals surface area (Å²) >= 11 is 0.149. The van der Waals surface area contributed by atoms with Crippen molar-refractivity contribution in [2.45, 2.75) is 17.9 Å². The Kier molecular flexibility index (Phi) is 7.36. The van der Waals surface area contributed by atoms with Crippen molar-refractivity contribution in [2.24, 2.45) is 0 Å². The van der Waals surface area contributed by atoms with Gasteiger partial charge in [0, 0.05) is 7.11 Å². The Bertz CT molecular complexity index is 463. The molecule has 0 aromatic carbocycles. The number of halogens is 3. The number of carbonyl (C=O) groups is 2. The molecule has 22 heavy (non-hydrogen) atoms. The van der Waals surface area contributed by atoms with Crippen molar-refractivity contribution in [1.82, 2.24) is 4.90 Å². The second kappa shape index (κ2) is 7.64. The van der Waals surface area contributed by atoms with Gasteiger partial charge in [0.1, 0.15) is 6.54 Å². The highest BCUT2D eigenvalue weighted by Crippen LogP contribution is 2.59. The number of rotatable bonds is 7. The maximum Gasteiger partial charge on any atom is 0.471 e. The van der Waals surface area contributed by atoms with Crippen LogP contribution in [0.3, 0.4) is 0 Å². The van der Waals surface area contributed by atoms with Gasteiger partial charge in [-0.1, -0.05) is 11.8 Å². The summed E-state index contributed by atoms with van der Waals surface area (Å²) in [5, 5.41) is 0. The smallest absolute Gasteiger partial charge is 0.465 e. The summed E-state index contributed by atoms with van der Waals surface area (Å²) in [5.74, 6) is -3.91. The van der Waals surface area contributed by atoms with E-state index in [4.69, 9.17) is 0 Å². The van der Waals surface area contributed by atoms with Gasteiger partial charge in [0.25, 0.3) is 4.80 Å². The van der Waals surface area contributed by atoms with E-state index in [1.54, 1.807) is 0 Å². The Balaban J connectivity index is 5.97. The minimum atomic E-state index is -5.47. The molecule has 0 saturated carbocycles. The van der Waals surface area contributed by atoms with Crippen LogP contribution in [-0.2, 0) is 23.6 Å². The highest BCUT2D eigenvalue weighted by Gasteiger charge is 2.59. The largest absolute Gasteiger partial charge is 0.471 e. The zero-order valence-corrected chi connectivity index (χ0v) is 13.5. The Hall–Kier alpha value is -0.810. The molecule has 0 aromatic rings. The molecular weight excluding hydrogens is 354 g/mol. The Labute approximate surface area is 128 Å². The molecule has 0 bridgehead atoms. The highest BCUT2D eigenvalue weighted by atomic mass is 32.2. The Morgan fingerprint density at radius 2 is 1.82 bits per heavy atom. The van der Waals surface area contributed by atoms with Gasteiger partial charge in [-0.2, -0.15) is 13.2 Å². The normalized spacial score (nSPS) is 15.1. The van der Waals surface area contributed by atoms with E-state index in [9.17, 15) is 37.1 Å². The van der Waals surface area contributed by atoms with Crippen LogP contribution in [0.25, 0.3) is 0 Å². The molecule has 130 valence electrons. The van der Waals surface area contributed by atoms with Crippen LogP contribution in [0.15, 0.2) is 0 Å². The van der Waals surface area contributed by atoms with Gasteiger partial charge in [0.2, 0.25) is 0 Å². The molecule has 0 rings (SSSR count). The van der Waals surface area contributed by atoms with Crippen molar-refractivity contribution < 1.29 is 46.6 Å². The molecule has 2 N–H and O–H groups in total. The molecule has 1 amide bonds. The fraction of sp³-hybridized carbons (Fsp3) is 0.778. The predicted octanol–water partition coefficient (Wildman–Crippen LogP) is 0.739. The summed E-state index contributed by atoms with van der Waals surface area (Å²) in [7, 11) is -4.72. The lowest BCUT2D eigenvalue weighted by molar-refractivity contribution is -0.196. The van der Waals surface area contributed by atoms with Gasteiger partial charge in [0.15, 0.2) is 0 Å². The van der Waals surface area contributed by atoms with Crippen molar-refractivity contribution in [2.75, 3.05) is 26.5 Å².